The first-order chi connectivity index (χ1) is 8.74. The van der Waals surface area contributed by atoms with Crippen molar-refractivity contribution in [2.75, 3.05) is 0 Å². The van der Waals surface area contributed by atoms with Crippen LogP contribution in [0.4, 0.5) is 0 Å². The molecule has 0 radical (unpaired) electrons. The number of thiazole rings is 1. The molecule has 3 nitrogen and oxygen atoms in total. The summed E-state index contributed by atoms with van der Waals surface area (Å²) in [6.45, 7) is 0. The van der Waals surface area contributed by atoms with Gasteiger partial charge in [-0.2, -0.15) is 0 Å². The van der Waals surface area contributed by atoms with Gasteiger partial charge in [-0.1, -0.05) is 30.3 Å². The zero-order chi connectivity index (χ0) is 12.5. The summed E-state index contributed by atoms with van der Waals surface area (Å²) >= 11 is 1.56. The van der Waals surface area contributed by atoms with Crippen molar-refractivity contribution >= 4 is 17.3 Å². The Hall–Kier alpha value is -1.68. The first-order valence-corrected chi connectivity index (χ1v) is 6.82. The van der Waals surface area contributed by atoms with E-state index in [1.807, 2.05) is 30.3 Å². The van der Waals surface area contributed by atoms with Crippen molar-refractivity contribution in [3.05, 3.63) is 51.5 Å². The van der Waals surface area contributed by atoms with Crippen LogP contribution in [-0.2, 0) is 6.42 Å². The second-order valence-electron chi connectivity index (χ2n) is 4.57. The van der Waals surface area contributed by atoms with E-state index in [1.54, 1.807) is 11.3 Å². The van der Waals surface area contributed by atoms with Gasteiger partial charge in [0.25, 0.3) is 0 Å². The Morgan fingerprint density at radius 2 is 2.06 bits per heavy atom. The molecule has 0 amide bonds. The maximum atomic E-state index is 11.2. The maximum absolute atomic E-state index is 11.2. The highest BCUT2D eigenvalue weighted by atomic mass is 32.1. The highest BCUT2D eigenvalue weighted by molar-refractivity contribution is 7.12. The molecule has 0 unspecified atom stereocenters. The van der Waals surface area contributed by atoms with Crippen molar-refractivity contribution in [1.29, 1.82) is 0 Å². The standard InChI is InChI=1S/C14H13NO2S/c16-14(17)12-11(8-9-4-2-1-3-5-9)18-13(15-12)10-6-7-10/h1-5,10H,6-8H2,(H,16,17). The van der Waals surface area contributed by atoms with Crippen molar-refractivity contribution in [3.8, 4) is 0 Å². The molecule has 1 heterocycles. The predicted octanol–water partition coefficient (Wildman–Crippen LogP) is 3.31. The van der Waals surface area contributed by atoms with E-state index < -0.39 is 5.97 Å². The van der Waals surface area contributed by atoms with Gasteiger partial charge in [0.1, 0.15) is 0 Å². The highest BCUT2D eigenvalue weighted by Crippen LogP contribution is 2.43. The molecule has 18 heavy (non-hydrogen) atoms. The molecule has 1 aliphatic rings. The second-order valence-corrected chi connectivity index (χ2v) is 5.68. The van der Waals surface area contributed by atoms with E-state index in [4.69, 9.17) is 0 Å². The zero-order valence-electron chi connectivity index (χ0n) is 9.80. The maximum Gasteiger partial charge on any atom is 0.355 e. The highest BCUT2D eigenvalue weighted by Gasteiger charge is 2.29. The van der Waals surface area contributed by atoms with Crippen LogP contribution in [0.3, 0.4) is 0 Å². The average Bonchev–Trinajstić information content (AvgIpc) is 3.12. The number of aromatic nitrogens is 1. The Morgan fingerprint density at radius 1 is 1.33 bits per heavy atom. The molecular weight excluding hydrogens is 246 g/mol. The Morgan fingerprint density at radius 3 is 2.67 bits per heavy atom. The van der Waals surface area contributed by atoms with Gasteiger partial charge in [-0.25, -0.2) is 9.78 Å². The van der Waals surface area contributed by atoms with Gasteiger partial charge in [-0.05, 0) is 18.4 Å². The summed E-state index contributed by atoms with van der Waals surface area (Å²) in [6.07, 6.45) is 2.96. The van der Waals surface area contributed by atoms with E-state index in [-0.39, 0.29) is 5.69 Å². The van der Waals surface area contributed by atoms with Crippen LogP contribution in [0.15, 0.2) is 30.3 Å². The van der Waals surface area contributed by atoms with Gasteiger partial charge in [0.15, 0.2) is 5.69 Å². The van der Waals surface area contributed by atoms with Crippen LogP contribution in [-0.4, -0.2) is 16.1 Å². The average molecular weight is 259 g/mol. The molecule has 3 rings (SSSR count). The summed E-state index contributed by atoms with van der Waals surface area (Å²) in [6, 6.07) is 9.94. The van der Waals surface area contributed by atoms with E-state index in [2.05, 4.69) is 4.98 Å². The van der Waals surface area contributed by atoms with Crippen molar-refractivity contribution in [2.45, 2.75) is 25.2 Å². The van der Waals surface area contributed by atoms with Crippen LogP contribution < -0.4 is 0 Å². The normalized spacial score (nSPS) is 14.7. The Bertz CT molecular complexity index is 573. The van der Waals surface area contributed by atoms with Crippen molar-refractivity contribution < 1.29 is 9.90 Å². The molecule has 0 saturated heterocycles. The number of nitrogens with zero attached hydrogens (tertiary/aromatic N) is 1. The number of benzene rings is 1. The number of rotatable bonds is 4. The molecule has 1 saturated carbocycles. The van der Waals surface area contributed by atoms with E-state index in [9.17, 15) is 9.90 Å². The minimum absolute atomic E-state index is 0.241. The van der Waals surface area contributed by atoms with Crippen LogP contribution >= 0.6 is 11.3 Å². The fourth-order valence-corrected chi connectivity index (χ4v) is 3.20. The molecule has 1 fully saturated rings. The van der Waals surface area contributed by atoms with Gasteiger partial charge in [0.05, 0.1) is 5.01 Å². The summed E-state index contributed by atoms with van der Waals surface area (Å²) in [4.78, 5) is 16.4. The van der Waals surface area contributed by atoms with Crippen LogP contribution in [0.5, 0.6) is 0 Å². The number of hydrogen-bond donors (Lipinski definition) is 1. The van der Waals surface area contributed by atoms with Gasteiger partial charge in [0.2, 0.25) is 0 Å². The molecule has 0 bridgehead atoms. The lowest BCUT2D eigenvalue weighted by Crippen LogP contribution is -2.01. The van der Waals surface area contributed by atoms with Crippen LogP contribution in [0.25, 0.3) is 0 Å². The molecule has 0 aliphatic heterocycles. The number of hydrogen-bond acceptors (Lipinski definition) is 3. The molecule has 0 atom stereocenters. The summed E-state index contributed by atoms with van der Waals surface area (Å²) < 4.78 is 0. The molecule has 1 aromatic carbocycles. The van der Waals surface area contributed by atoms with Crippen molar-refractivity contribution in [2.24, 2.45) is 0 Å². The SMILES string of the molecule is O=C(O)c1nc(C2CC2)sc1Cc1ccccc1. The zero-order valence-corrected chi connectivity index (χ0v) is 10.6. The fourth-order valence-electron chi connectivity index (χ4n) is 1.94. The third-order valence-electron chi connectivity index (χ3n) is 3.05. The minimum Gasteiger partial charge on any atom is -0.476 e. The quantitative estimate of drug-likeness (QED) is 0.916. The smallest absolute Gasteiger partial charge is 0.355 e. The number of carboxylic acids is 1. The Balaban J connectivity index is 1.92. The molecule has 1 N–H and O–H groups in total. The summed E-state index contributed by atoms with van der Waals surface area (Å²) in [5.74, 6) is -0.401. The van der Waals surface area contributed by atoms with Crippen LogP contribution in [0, 0.1) is 0 Å². The van der Waals surface area contributed by atoms with Gasteiger partial charge in [0, 0.05) is 17.2 Å². The third-order valence-corrected chi connectivity index (χ3v) is 4.27. The first kappa shape index (κ1) is 11.4. The Kier molecular flexibility index (Phi) is 2.88. The molecule has 1 aliphatic carbocycles. The summed E-state index contributed by atoms with van der Waals surface area (Å²) in [5, 5.41) is 10.2. The molecular formula is C14H13NO2S. The van der Waals surface area contributed by atoms with Gasteiger partial charge in [-0.15, -0.1) is 11.3 Å². The Labute approximate surface area is 109 Å². The molecule has 2 aromatic rings. The summed E-state index contributed by atoms with van der Waals surface area (Å²) in [7, 11) is 0. The van der Waals surface area contributed by atoms with Crippen molar-refractivity contribution in [3.63, 3.8) is 0 Å². The number of aromatic carboxylic acids is 1. The largest absolute Gasteiger partial charge is 0.476 e. The fraction of sp³-hybridized carbons (Fsp3) is 0.286. The van der Waals surface area contributed by atoms with Crippen molar-refractivity contribution in [1.82, 2.24) is 4.98 Å². The van der Waals surface area contributed by atoms with E-state index in [0.717, 1.165) is 28.3 Å². The van der Waals surface area contributed by atoms with E-state index in [1.165, 1.54) is 0 Å². The van der Waals surface area contributed by atoms with Crippen LogP contribution in [0.1, 0.15) is 44.7 Å². The lowest BCUT2D eigenvalue weighted by Gasteiger charge is -1.98. The lowest BCUT2D eigenvalue weighted by atomic mass is 10.1. The molecule has 92 valence electrons. The van der Waals surface area contributed by atoms with E-state index >= 15 is 0 Å². The lowest BCUT2D eigenvalue weighted by molar-refractivity contribution is 0.0690. The topological polar surface area (TPSA) is 50.2 Å². The second kappa shape index (κ2) is 4.53. The molecule has 1 aromatic heterocycles. The van der Waals surface area contributed by atoms with Gasteiger partial charge in [-0.3, -0.25) is 0 Å². The van der Waals surface area contributed by atoms with Gasteiger partial charge >= 0.3 is 5.97 Å². The van der Waals surface area contributed by atoms with Gasteiger partial charge < -0.3 is 5.11 Å². The molecule has 4 heteroatoms. The number of carboxylic acid groups (broad SMARTS) is 1. The van der Waals surface area contributed by atoms with Crippen LogP contribution in [0.2, 0.25) is 0 Å². The first-order valence-electron chi connectivity index (χ1n) is 6.01. The third kappa shape index (κ3) is 2.29. The van der Waals surface area contributed by atoms with E-state index in [0.29, 0.717) is 12.3 Å². The predicted molar refractivity (Wildman–Crippen MR) is 70.3 cm³/mol. The summed E-state index contributed by atoms with van der Waals surface area (Å²) in [5.41, 5.74) is 1.37. The monoisotopic (exact) mass is 259 g/mol. The molecule has 0 spiro atoms. The minimum atomic E-state index is -0.913. The number of carbonyl (C=O) groups is 1.